The highest BCUT2D eigenvalue weighted by Gasteiger charge is 2.30. The number of benzene rings is 2. The lowest BCUT2D eigenvalue weighted by Crippen LogP contribution is -2.49. The monoisotopic (exact) mass is 267 g/mol. The predicted molar refractivity (Wildman–Crippen MR) is 80.1 cm³/mol. The van der Waals surface area contributed by atoms with E-state index in [1.165, 1.54) is 0 Å². The van der Waals surface area contributed by atoms with Crippen molar-refractivity contribution >= 4 is 22.4 Å². The molecule has 2 aromatic rings. The summed E-state index contributed by atoms with van der Waals surface area (Å²) in [6.07, 6.45) is 0. The number of hydrogen-bond donors (Lipinski definition) is 1. The minimum Gasteiger partial charge on any atom is -0.314 e. The van der Waals surface area contributed by atoms with E-state index < -0.39 is 0 Å². The molecule has 1 amide bonds. The highest BCUT2D eigenvalue weighted by molar-refractivity contribution is 6.24. The molecule has 0 aliphatic carbocycles. The maximum atomic E-state index is 12.6. The van der Waals surface area contributed by atoms with E-state index in [2.05, 4.69) is 28.4 Å². The number of hydrogen-bond acceptors (Lipinski definition) is 3. The average molecular weight is 267 g/mol. The van der Waals surface area contributed by atoms with Gasteiger partial charge in [0.1, 0.15) is 0 Å². The van der Waals surface area contributed by atoms with Crippen molar-refractivity contribution in [1.29, 1.82) is 0 Å². The third-order valence-corrected chi connectivity index (χ3v) is 4.20. The Labute approximate surface area is 118 Å². The minimum atomic E-state index is 0.135. The number of piperazine rings is 1. The summed E-state index contributed by atoms with van der Waals surface area (Å²) in [7, 11) is 0. The number of rotatable bonds is 2. The first kappa shape index (κ1) is 11.9. The fourth-order valence-electron chi connectivity index (χ4n) is 3.17. The van der Waals surface area contributed by atoms with Crippen molar-refractivity contribution in [1.82, 2.24) is 10.2 Å². The number of carbonyl (C=O) groups is 1. The SMILES string of the molecule is O=C1c2cccc3cccc(c23)N1CN1CCNCC1. The first-order chi connectivity index (χ1) is 9.84. The molecule has 0 unspecified atom stereocenters. The lowest BCUT2D eigenvalue weighted by molar-refractivity contribution is 0.0971. The lowest BCUT2D eigenvalue weighted by Gasteiger charge is -2.31. The van der Waals surface area contributed by atoms with Gasteiger partial charge < -0.3 is 5.32 Å². The molecule has 1 saturated heterocycles. The van der Waals surface area contributed by atoms with Crippen LogP contribution < -0.4 is 10.2 Å². The van der Waals surface area contributed by atoms with Crippen LogP contribution >= 0.6 is 0 Å². The summed E-state index contributed by atoms with van der Waals surface area (Å²) < 4.78 is 0. The summed E-state index contributed by atoms with van der Waals surface area (Å²) in [4.78, 5) is 16.9. The highest BCUT2D eigenvalue weighted by Crippen LogP contribution is 2.37. The number of anilines is 1. The fourth-order valence-corrected chi connectivity index (χ4v) is 3.17. The topological polar surface area (TPSA) is 35.6 Å². The van der Waals surface area contributed by atoms with E-state index in [0.29, 0.717) is 6.67 Å². The summed E-state index contributed by atoms with van der Waals surface area (Å²) in [6.45, 7) is 4.68. The van der Waals surface area contributed by atoms with Crippen LogP contribution in [-0.2, 0) is 0 Å². The Morgan fingerprint density at radius 2 is 1.80 bits per heavy atom. The summed E-state index contributed by atoms with van der Waals surface area (Å²) in [5.41, 5.74) is 1.90. The van der Waals surface area contributed by atoms with Crippen molar-refractivity contribution in [3.05, 3.63) is 42.0 Å². The molecule has 1 N–H and O–H groups in total. The molecule has 0 aromatic heterocycles. The summed E-state index contributed by atoms with van der Waals surface area (Å²) >= 11 is 0. The molecule has 0 atom stereocenters. The van der Waals surface area contributed by atoms with E-state index in [1.54, 1.807) is 0 Å². The average Bonchev–Trinajstić information content (AvgIpc) is 2.77. The molecule has 0 bridgehead atoms. The summed E-state index contributed by atoms with van der Waals surface area (Å²) in [5, 5.41) is 5.60. The van der Waals surface area contributed by atoms with Crippen molar-refractivity contribution in [2.75, 3.05) is 37.7 Å². The molecular formula is C16H17N3O. The van der Waals surface area contributed by atoms with Crippen molar-refractivity contribution in [3.63, 3.8) is 0 Å². The zero-order valence-electron chi connectivity index (χ0n) is 11.3. The van der Waals surface area contributed by atoms with Crippen LogP contribution in [0.1, 0.15) is 10.4 Å². The normalized spacial score (nSPS) is 19.0. The first-order valence-electron chi connectivity index (χ1n) is 7.11. The molecule has 0 radical (unpaired) electrons. The Balaban J connectivity index is 1.73. The Morgan fingerprint density at radius 3 is 2.60 bits per heavy atom. The van der Waals surface area contributed by atoms with Gasteiger partial charge in [-0.15, -0.1) is 0 Å². The second-order valence-electron chi connectivity index (χ2n) is 5.42. The van der Waals surface area contributed by atoms with Crippen LogP contribution in [0.3, 0.4) is 0 Å². The van der Waals surface area contributed by atoms with Crippen LogP contribution in [0.4, 0.5) is 5.69 Å². The smallest absolute Gasteiger partial charge is 0.260 e. The molecule has 0 spiro atoms. The van der Waals surface area contributed by atoms with Crippen LogP contribution in [0, 0.1) is 0 Å². The van der Waals surface area contributed by atoms with Gasteiger partial charge in [-0.2, -0.15) is 0 Å². The maximum absolute atomic E-state index is 12.6. The van der Waals surface area contributed by atoms with E-state index in [-0.39, 0.29) is 5.91 Å². The fraction of sp³-hybridized carbons (Fsp3) is 0.312. The van der Waals surface area contributed by atoms with E-state index in [9.17, 15) is 4.79 Å². The molecule has 1 fully saturated rings. The van der Waals surface area contributed by atoms with E-state index in [4.69, 9.17) is 0 Å². The molecule has 20 heavy (non-hydrogen) atoms. The number of amides is 1. The standard InChI is InChI=1S/C16H17N3O/c20-16-13-5-1-3-12-4-2-6-14(15(12)13)19(16)11-18-9-7-17-8-10-18/h1-6,17H,7-11H2. The van der Waals surface area contributed by atoms with E-state index >= 15 is 0 Å². The van der Waals surface area contributed by atoms with Gasteiger partial charge >= 0.3 is 0 Å². The third-order valence-electron chi connectivity index (χ3n) is 4.20. The Kier molecular flexibility index (Phi) is 2.72. The van der Waals surface area contributed by atoms with Gasteiger partial charge in [0.15, 0.2) is 0 Å². The second kappa shape index (κ2) is 4.58. The van der Waals surface area contributed by atoms with Gasteiger partial charge in [0.05, 0.1) is 12.4 Å². The van der Waals surface area contributed by atoms with Crippen molar-refractivity contribution in [2.24, 2.45) is 0 Å². The zero-order chi connectivity index (χ0) is 13.5. The van der Waals surface area contributed by atoms with Gasteiger partial charge in [-0.25, -0.2) is 0 Å². The molecule has 2 heterocycles. The Bertz CT molecular complexity index is 671. The number of nitrogens with zero attached hydrogens (tertiary/aromatic N) is 2. The van der Waals surface area contributed by atoms with Gasteiger partial charge in [0.2, 0.25) is 0 Å². The molecule has 0 saturated carbocycles. The van der Waals surface area contributed by atoms with Crippen molar-refractivity contribution in [2.45, 2.75) is 0 Å². The maximum Gasteiger partial charge on any atom is 0.260 e. The molecule has 4 nitrogen and oxygen atoms in total. The van der Waals surface area contributed by atoms with Crippen LogP contribution in [-0.4, -0.2) is 43.7 Å². The van der Waals surface area contributed by atoms with Crippen LogP contribution in [0.25, 0.3) is 10.8 Å². The molecule has 4 heteroatoms. The Hall–Kier alpha value is -1.91. The Morgan fingerprint density at radius 1 is 1.05 bits per heavy atom. The van der Waals surface area contributed by atoms with Gasteiger partial charge in [-0.05, 0) is 17.5 Å². The van der Waals surface area contributed by atoms with Crippen LogP contribution in [0.5, 0.6) is 0 Å². The third kappa shape index (κ3) is 1.72. The largest absolute Gasteiger partial charge is 0.314 e. The predicted octanol–water partition coefficient (Wildman–Crippen LogP) is 1.66. The van der Waals surface area contributed by atoms with Gasteiger partial charge in [0, 0.05) is 37.1 Å². The van der Waals surface area contributed by atoms with Gasteiger partial charge in [-0.1, -0.05) is 24.3 Å². The van der Waals surface area contributed by atoms with Crippen molar-refractivity contribution in [3.8, 4) is 0 Å². The summed E-state index contributed by atoms with van der Waals surface area (Å²) in [6, 6.07) is 12.1. The van der Waals surface area contributed by atoms with Crippen LogP contribution in [0.15, 0.2) is 36.4 Å². The number of nitrogens with one attached hydrogen (secondary N) is 1. The second-order valence-corrected chi connectivity index (χ2v) is 5.42. The molecular weight excluding hydrogens is 250 g/mol. The molecule has 2 aromatic carbocycles. The van der Waals surface area contributed by atoms with Crippen LogP contribution in [0.2, 0.25) is 0 Å². The zero-order valence-corrected chi connectivity index (χ0v) is 11.3. The van der Waals surface area contributed by atoms with Crippen molar-refractivity contribution < 1.29 is 4.79 Å². The quantitative estimate of drug-likeness (QED) is 0.899. The summed E-state index contributed by atoms with van der Waals surface area (Å²) in [5.74, 6) is 0.135. The number of carbonyl (C=O) groups excluding carboxylic acids is 1. The van der Waals surface area contributed by atoms with E-state index in [0.717, 1.165) is 48.2 Å². The lowest BCUT2D eigenvalue weighted by atomic mass is 10.1. The molecule has 2 aliphatic heterocycles. The first-order valence-corrected chi connectivity index (χ1v) is 7.11. The minimum absolute atomic E-state index is 0.135. The molecule has 2 aliphatic rings. The highest BCUT2D eigenvalue weighted by atomic mass is 16.2. The van der Waals surface area contributed by atoms with E-state index in [1.807, 2.05) is 23.1 Å². The van der Waals surface area contributed by atoms with Gasteiger partial charge in [0.25, 0.3) is 5.91 Å². The molecule has 4 rings (SSSR count). The van der Waals surface area contributed by atoms with Gasteiger partial charge in [-0.3, -0.25) is 14.6 Å². The molecule has 102 valence electrons.